The normalized spacial score (nSPS) is 11.7. The number of allylic oxidation sites excluding steroid dienone is 1. The van der Waals surface area contributed by atoms with Gasteiger partial charge in [0, 0.05) is 3.57 Å². The Labute approximate surface area is 156 Å². The van der Waals surface area contributed by atoms with Crippen LogP contribution in [0.15, 0.2) is 54.3 Å². The van der Waals surface area contributed by atoms with E-state index in [2.05, 4.69) is 32.6 Å². The Hall–Kier alpha value is -2.86. The third-order valence-electron chi connectivity index (χ3n) is 3.43. The molecule has 3 aromatic rings. The molecule has 0 saturated carbocycles. The van der Waals surface area contributed by atoms with Gasteiger partial charge in [0.25, 0.3) is 0 Å². The van der Waals surface area contributed by atoms with E-state index in [4.69, 9.17) is 4.74 Å². The fourth-order valence-corrected chi connectivity index (χ4v) is 2.77. The third kappa shape index (κ3) is 3.80. The van der Waals surface area contributed by atoms with Gasteiger partial charge in [-0.1, -0.05) is 18.2 Å². The third-order valence-corrected chi connectivity index (χ3v) is 4.10. The Morgan fingerprint density at radius 2 is 2.08 bits per heavy atom. The maximum Gasteiger partial charge on any atom is 0.338 e. The molecule has 0 fully saturated rings. The lowest BCUT2D eigenvalue weighted by Gasteiger charge is -2.06. The summed E-state index contributed by atoms with van der Waals surface area (Å²) in [5, 5.41) is 19.5. The van der Waals surface area contributed by atoms with Crippen LogP contribution in [-0.4, -0.2) is 27.7 Å². The van der Waals surface area contributed by atoms with Crippen molar-refractivity contribution in [3.63, 3.8) is 0 Å². The average molecular weight is 445 g/mol. The van der Waals surface area contributed by atoms with Gasteiger partial charge in [-0.25, -0.2) is 9.78 Å². The van der Waals surface area contributed by atoms with Gasteiger partial charge in [-0.05, 0) is 52.9 Å². The molecule has 0 amide bonds. The highest BCUT2D eigenvalue weighted by molar-refractivity contribution is 14.1. The summed E-state index contributed by atoms with van der Waals surface area (Å²) in [6, 6.07) is 16.0. The van der Waals surface area contributed by atoms with Crippen molar-refractivity contribution in [3.05, 3.63) is 69.2 Å². The molecule has 0 saturated heterocycles. The monoisotopic (exact) mass is 445 g/mol. The van der Waals surface area contributed by atoms with E-state index in [1.807, 2.05) is 30.3 Å². The number of benzene rings is 2. The smallest absolute Gasteiger partial charge is 0.338 e. The van der Waals surface area contributed by atoms with Crippen LogP contribution in [0.4, 0.5) is 0 Å². The lowest BCUT2D eigenvalue weighted by atomic mass is 10.2. The SMILES string of the molecule is N#C/C(=C(/O)COC(=O)c1cccc(I)c1)c1nc2ccccc2[nH]1. The first-order valence-electron chi connectivity index (χ1n) is 7.28. The van der Waals surface area contributed by atoms with Crippen molar-refractivity contribution in [3.8, 4) is 6.07 Å². The Morgan fingerprint density at radius 3 is 2.80 bits per heavy atom. The highest BCUT2D eigenvalue weighted by Crippen LogP contribution is 2.19. The number of carbonyl (C=O) groups excluding carboxylic acids is 1. The molecule has 0 spiro atoms. The van der Waals surface area contributed by atoms with Crippen LogP contribution in [-0.2, 0) is 4.74 Å². The summed E-state index contributed by atoms with van der Waals surface area (Å²) in [5.41, 5.74) is 1.73. The van der Waals surface area contributed by atoms with E-state index < -0.39 is 12.6 Å². The summed E-state index contributed by atoms with van der Waals surface area (Å²) in [7, 11) is 0. The zero-order valence-corrected chi connectivity index (χ0v) is 15.0. The quantitative estimate of drug-likeness (QED) is 0.275. The number of esters is 1. The first-order chi connectivity index (χ1) is 12.1. The number of nitrogens with zero attached hydrogens (tertiary/aromatic N) is 2. The number of aromatic amines is 1. The number of halogens is 1. The van der Waals surface area contributed by atoms with Crippen LogP contribution in [0, 0.1) is 14.9 Å². The minimum atomic E-state index is -0.577. The van der Waals surface area contributed by atoms with E-state index in [1.54, 1.807) is 24.3 Å². The van der Waals surface area contributed by atoms with Gasteiger partial charge in [-0.3, -0.25) is 0 Å². The Bertz CT molecular complexity index is 985. The summed E-state index contributed by atoms with van der Waals surface area (Å²) >= 11 is 2.09. The molecule has 7 heteroatoms. The molecule has 0 aliphatic carbocycles. The van der Waals surface area contributed by atoms with E-state index >= 15 is 0 Å². The van der Waals surface area contributed by atoms with Gasteiger partial charge < -0.3 is 14.8 Å². The fraction of sp³-hybridized carbons (Fsp3) is 0.0556. The number of hydrogen-bond acceptors (Lipinski definition) is 5. The number of nitrogens with one attached hydrogen (secondary N) is 1. The number of imidazole rings is 1. The summed E-state index contributed by atoms with van der Waals surface area (Å²) in [6.45, 7) is -0.412. The standard InChI is InChI=1S/C18H12IN3O3/c19-12-5-3-4-11(8-12)18(24)25-10-16(23)13(9-20)17-21-14-6-1-2-7-15(14)22-17/h1-8,23H,10H2,(H,21,22)/b16-13-. The van der Waals surface area contributed by atoms with Crippen LogP contribution in [0.1, 0.15) is 16.2 Å². The van der Waals surface area contributed by atoms with Gasteiger partial charge in [-0.15, -0.1) is 0 Å². The van der Waals surface area contributed by atoms with Gasteiger partial charge >= 0.3 is 5.97 Å². The van der Waals surface area contributed by atoms with Crippen LogP contribution in [0.3, 0.4) is 0 Å². The number of H-pyrrole nitrogens is 1. The van der Waals surface area contributed by atoms with Crippen molar-refractivity contribution in [2.24, 2.45) is 0 Å². The second-order valence-corrected chi connectivity index (χ2v) is 6.37. The maximum atomic E-state index is 12.0. The van der Waals surface area contributed by atoms with Crippen molar-refractivity contribution in [2.45, 2.75) is 0 Å². The van der Waals surface area contributed by atoms with E-state index in [9.17, 15) is 15.2 Å². The van der Waals surface area contributed by atoms with E-state index in [0.717, 1.165) is 9.09 Å². The number of rotatable bonds is 4. The number of para-hydroxylation sites is 2. The molecule has 3 rings (SSSR count). The van der Waals surface area contributed by atoms with Crippen LogP contribution in [0.5, 0.6) is 0 Å². The number of ether oxygens (including phenoxy) is 1. The fourth-order valence-electron chi connectivity index (χ4n) is 2.23. The topological polar surface area (TPSA) is 99.0 Å². The number of nitriles is 1. The number of carbonyl (C=O) groups is 1. The molecule has 0 bridgehead atoms. The van der Waals surface area contributed by atoms with Crippen molar-refractivity contribution in [1.82, 2.24) is 9.97 Å². The molecular formula is C18H12IN3O3. The lowest BCUT2D eigenvalue weighted by Crippen LogP contribution is -2.09. The molecule has 0 unspecified atom stereocenters. The van der Waals surface area contributed by atoms with Gasteiger partial charge in [0.05, 0.1) is 16.6 Å². The molecule has 124 valence electrons. The molecule has 0 radical (unpaired) electrons. The van der Waals surface area contributed by atoms with Gasteiger partial charge in [0.15, 0.2) is 11.6 Å². The summed E-state index contributed by atoms with van der Waals surface area (Å²) < 4.78 is 5.98. The van der Waals surface area contributed by atoms with E-state index in [0.29, 0.717) is 11.1 Å². The predicted octanol–water partition coefficient (Wildman–Crippen LogP) is 3.82. The summed E-state index contributed by atoms with van der Waals surface area (Å²) in [4.78, 5) is 19.2. The van der Waals surface area contributed by atoms with Crippen LogP contribution >= 0.6 is 22.6 Å². The minimum Gasteiger partial charge on any atom is -0.507 e. The summed E-state index contributed by atoms with van der Waals surface area (Å²) in [6.07, 6.45) is 0. The molecule has 0 atom stereocenters. The molecule has 1 aromatic heterocycles. The molecule has 0 aliphatic heterocycles. The summed E-state index contributed by atoms with van der Waals surface area (Å²) in [5.74, 6) is -0.709. The first kappa shape index (κ1) is 17.0. The van der Waals surface area contributed by atoms with Crippen molar-refractivity contribution < 1.29 is 14.6 Å². The van der Waals surface area contributed by atoms with E-state index in [-0.39, 0.29) is 17.2 Å². The number of aliphatic hydroxyl groups excluding tert-OH is 1. The average Bonchev–Trinajstić information content (AvgIpc) is 3.03. The Balaban J connectivity index is 1.80. The molecule has 6 nitrogen and oxygen atoms in total. The zero-order valence-electron chi connectivity index (χ0n) is 12.9. The number of aliphatic hydroxyl groups is 1. The lowest BCUT2D eigenvalue weighted by molar-refractivity contribution is 0.0502. The molecular weight excluding hydrogens is 433 g/mol. The van der Waals surface area contributed by atoms with Gasteiger partial charge in [0.2, 0.25) is 0 Å². The van der Waals surface area contributed by atoms with Crippen LogP contribution in [0.25, 0.3) is 16.6 Å². The Morgan fingerprint density at radius 1 is 1.28 bits per heavy atom. The van der Waals surface area contributed by atoms with Crippen molar-refractivity contribution in [2.75, 3.05) is 6.61 Å². The molecule has 1 heterocycles. The van der Waals surface area contributed by atoms with Crippen molar-refractivity contribution >= 4 is 45.2 Å². The predicted molar refractivity (Wildman–Crippen MR) is 101 cm³/mol. The van der Waals surface area contributed by atoms with Crippen molar-refractivity contribution in [1.29, 1.82) is 5.26 Å². The van der Waals surface area contributed by atoms with Gasteiger partial charge in [0.1, 0.15) is 18.2 Å². The Kier molecular flexibility index (Phi) is 5.00. The second-order valence-electron chi connectivity index (χ2n) is 5.12. The van der Waals surface area contributed by atoms with Gasteiger partial charge in [-0.2, -0.15) is 5.26 Å². The molecule has 0 aliphatic rings. The number of fused-ring (bicyclic) bond motifs is 1. The largest absolute Gasteiger partial charge is 0.507 e. The highest BCUT2D eigenvalue weighted by atomic mass is 127. The molecule has 25 heavy (non-hydrogen) atoms. The number of hydrogen-bond donors (Lipinski definition) is 2. The van der Waals surface area contributed by atoms with E-state index in [1.165, 1.54) is 0 Å². The second kappa shape index (κ2) is 7.36. The first-order valence-corrected chi connectivity index (χ1v) is 8.36. The molecule has 2 aromatic carbocycles. The minimum absolute atomic E-state index is 0.0633. The van der Waals surface area contributed by atoms with Crippen LogP contribution in [0.2, 0.25) is 0 Å². The zero-order chi connectivity index (χ0) is 17.8. The highest BCUT2D eigenvalue weighted by Gasteiger charge is 2.15. The maximum absolute atomic E-state index is 12.0. The van der Waals surface area contributed by atoms with Crippen LogP contribution < -0.4 is 0 Å². The number of aromatic nitrogens is 2. The molecule has 2 N–H and O–H groups in total.